The van der Waals surface area contributed by atoms with E-state index in [4.69, 9.17) is 21.9 Å². The van der Waals surface area contributed by atoms with Crippen molar-refractivity contribution in [3.63, 3.8) is 0 Å². The van der Waals surface area contributed by atoms with Crippen LogP contribution in [0.15, 0.2) is 23.4 Å². The Morgan fingerprint density at radius 1 is 1.39 bits per heavy atom. The van der Waals surface area contributed by atoms with E-state index in [0.29, 0.717) is 35.0 Å². The van der Waals surface area contributed by atoms with Crippen molar-refractivity contribution in [3.8, 4) is 5.88 Å². The molecule has 152 valence electrons. The van der Waals surface area contributed by atoms with E-state index >= 15 is 0 Å². The van der Waals surface area contributed by atoms with Crippen LogP contribution in [0.4, 0.5) is 0 Å². The molecule has 10 heteroatoms. The molecule has 0 aliphatic rings. The molecule has 0 aliphatic carbocycles. The Hall–Kier alpha value is -2.09. The minimum absolute atomic E-state index is 0.0395. The third-order valence-electron chi connectivity index (χ3n) is 4.74. The molecule has 0 saturated heterocycles. The van der Waals surface area contributed by atoms with Gasteiger partial charge in [-0.25, -0.2) is 18.4 Å². The zero-order chi connectivity index (χ0) is 20.9. The number of ether oxygens (including phenoxy) is 1. The molecule has 0 saturated carbocycles. The second-order valence-electron chi connectivity index (χ2n) is 6.81. The largest absolute Gasteiger partial charge is 0.474 e. The van der Waals surface area contributed by atoms with Crippen LogP contribution in [-0.4, -0.2) is 36.0 Å². The summed E-state index contributed by atoms with van der Waals surface area (Å²) in [5.41, 5.74) is 8.64. The van der Waals surface area contributed by atoms with Gasteiger partial charge in [0.25, 0.3) is 0 Å². The molecule has 0 amide bonds. The van der Waals surface area contributed by atoms with E-state index in [2.05, 4.69) is 20.0 Å². The van der Waals surface area contributed by atoms with Gasteiger partial charge >= 0.3 is 0 Å². The lowest BCUT2D eigenvalue weighted by Gasteiger charge is -2.23. The molecule has 28 heavy (non-hydrogen) atoms. The quantitative estimate of drug-likeness (QED) is 0.247. The molecule has 0 aromatic carbocycles. The van der Waals surface area contributed by atoms with E-state index in [9.17, 15) is 8.42 Å². The van der Waals surface area contributed by atoms with Crippen LogP contribution < -0.4 is 4.74 Å². The lowest BCUT2D eigenvalue weighted by atomic mass is 9.94. The summed E-state index contributed by atoms with van der Waals surface area (Å²) in [5.74, 6) is 0.447. The predicted molar refractivity (Wildman–Crippen MR) is 110 cm³/mol. The molecule has 2 aromatic rings. The molecule has 0 aliphatic heterocycles. The minimum Gasteiger partial charge on any atom is -0.474 e. The number of fused-ring (bicyclic) bond motifs is 1. The molecule has 2 rings (SSSR count). The standard InChI is InChI=1S/C18H24ClN5O3S/c1-5-18(4,23-24-20)15-9-13-10-16(19)21-11-14(13)17(22-15)27-12(3)7-8-28(25,26)6-2/h9-12H,5-8H2,1-4H3/t12?,18-/m1/s1. The third-order valence-corrected chi connectivity index (χ3v) is 6.68. The summed E-state index contributed by atoms with van der Waals surface area (Å²) in [4.78, 5) is 11.6. The third kappa shape index (κ3) is 5.25. The summed E-state index contributed by atoms with van der Waals surface area (Å²) in [6, 6.07) is 3.49. The number of halogens is 1. The topological polar surface area (TPSA) is 118 Å². The number of azide groups is 1. The Labute approximate surface area is 169 Å². The number of hydrogen-bond donors (Lipinski definition) is 0. The summed E-state index contributed by atoms with van der Waals surface area (Å²) < 4.78 is 29.5. The fraction of sp³-hybridized carbons (Fsp3) is 0.556. The molecule has 8 nitrogen and oxygen atoms in total. The van der Waals surface area contributed by atoms with Crippen LogP contribution in [0, 0.1) is 0 Å². The average Bonchev–Trinajstić information content (AvgIpc) is 2.66. The van der Waals surface area contributed by atoms with Gasteiger partial charge in [-0.1, -0.05) is 30.6 Å². The monoisotopic (exact) mass is 425 g/mol. The molecule has 0 N–H and O–H groups in total. The Kier molecular flexibility index (Phi) is 7.09. The van der Waals surface area contributed by atoms with E-state index < -0.39 is 15.4 Å². The summed E-state index contributed by atoms with van der Waals surface area (Å²) >= 11 is 6.03. The number of hydrogen-bond acceptors (Lipinski definition) is 6. The SMILES string of the molecule is CC[C@@](C)(N=[N+]=[N-])c1cc2cc(Cl)ncc2c(OC(C)CCS(=O)(=O)CC)n1. The van der Waals surface area contributed by atoms with Crippen molar-refractivity contribution in [2.24, 2.45) is 5.11 Å². The van der Waals surface area contributed by atoms with E-state index in [0.717, 1.165) is 5.39 Å². The number of nitrogens with zero attached hydrogens (tertiary/aromatic N) is 5. The van der Waals surface area contributed by atoms with Crippen LogP contribution in [0.25, 0.3) is 21.2 Å². The van der Waals surface area contributed by atoms with Gasteiger partial charge in [0.2, 0.25) is 5.88 Å². The van der Waals surface area contributed by atoms with Crippen LogP contribution in [0.5, 0.6) is 5.88 Å². The van der Waals surface area contributed by atoms with E-state index in [1.54, 1.807) is 39.1 Å². The lowest BCUT2D eigenvalue weighted by Crippen LogP contribution is -2.22. The summed E-state index contributed by atoms with van der Waals surface area (Å²) in [5, 5.41) is 5.63. The molecule has 0 bridgehead atoms. The maximum Gasteiger partial charge on any atom is 0.223 e. The van der Waals surface area contributed by atoms with Crippen LogP contribution in [0.2, 0.25) is 5.15 Å². The van der Waals surface area contributed by atoms with Crippen molar-refractivity contribution in [2.75, 3.05) is 11.5 Å². The van der Waals surface area contributed by atoms with Gasteiger partial charge < -0.3 is 4.74 Å². The number of sulfone groups is 1. The van der Waals surface area contributed by atoms with Gasteiger partial charge in [-0.05, 0) is 49.7 Å². The predicted octanol–water partition coefficient (Wildman–Crippen LogP) is 4.81. The molecule has 1 unspecified atom stereocenters. The first kappa shape index (κ1) is 22.2. The second kappa shape index (κ2) is 8.94. The van der Waals surface area contributed by atoms with Crippen molar-refractivity contribution in [2.45, 2.75) is 52.2 Å². The van der Waals surface area contributed by atoms with Gasteiger partial charge in [-0.3, -0.25) is 0 Å². The lowest BCUT2D eigenvalue weighted by molar-refractivity contribution is 0.210. The highest BCUT2D eigenvalue weighted by atomic mass is 35.5. The van der Waals surface area contributed by atoms with E-state index in [-0.39, 0.29) is 17.6 Å². The maximum atomic E-state index is 11.8. The molecular formula is C18H24ClN5O3S. The summed E-state index contributed by atoms with van der Waals surface area (Å²) in [6.45, 7) is 7.11. The van der Waals surface area contributed by atoms with Crippen LogP contribution in [0.1, 0.15) is 46.2 Å². The van der Waals surface area contributed by atoms with Crippen LogP contribution >= 0.6 is 11.6 Å². The normalized spacial score (nSPS) is 14.9. The van der Waals surface area contributed by atoms with Crippen LogP contribution in [-0.2, 0) is 15.4 Å². The number of rotatable bonds is 9. The first-order chi connectivity index (χ1) is 13.1. The van der Waals surface area contributed by atoms with Crippen molar-refractivity contribution in [1.29, 1.82) is 0 Å². The highest BCUT2D eigenvalue weighted by molar-refractivity contribution is 7.91. The smallest absolute Gasteiger partial charge is 0.223 e. The summed E-state index contributed by atoms with van der Waals surface area (Å²) in [7, 11) is -3.08. The zero-order valence-corrected chi connectivity index (χ0v) is 18.0. The van der Waals surface area contributed by atoms with E-state index in [1.165, 1.54) is 0 Å². The van der Waals surface area contributed by atoms with Crippen LogP contribution in [0.3, 0.4) is 0 Å². The molecular weight excluding hydrogens is 402 g/mol. The van der Waals surface area contributed by atoms with Gasteiger partial charge in [0.15, 0.2) is 0 Å². The van der Waals surface area contributed by atoms with Crippen molar-refractivity contribution in [1.82, 2.24) is 9.97 Å². The van der Waals surface area contributed by atoms with Gasteiger partial charge in [-0.15, -0.1) is 0 Å². The Bertz CT molecular complexity index is 1010. The molecule has 2 atom stereocenters. The van der Waals surface area contributed by atoms with Gasteiger partial charge in [-0.2, -0.15) is 0 Å². The number of pyridine rings is 2. The highest BCUT2D eigenvalue weighted by Crippen LogP contribution is 2.34. The van der Waals surface area contributed by atoms with Gasteiger partial charge in [0.1, 0.15) is 15.0 Å². The van der Waals surface area contributed by atoms with Gasteiger partial charge in [0.05, 0.1) is 28.5 Å². The molecule has 0 radical (unpaired) electrons. The van der Waals surface area contributed by atoms with Gasteiger partial charge in [0, 0.05) is 16.9 Å². The second-order valence-corrected chi connectivity index (χ2v) is 9.67. The fourth-order valence-corrected chi connectivity index (χ4v) is 3.74. The molecule has 2 heterocycles. The Morgan fingerprint density at radius 2 is 2.11 bits per heavy atom. The Morgan fingerprint density at radius 3 is 2.71 bits per heavy atom. The first-order valence-corrected chi connectivity index (χ1v) is 11.2. The average molecular weight is 426 g/mol. The maximum absolute atomic E-state index is 11.8. The molecule has 0 fully saturated rings. The summed E-state index contributed by atoms with van der Waals surface area (Å²) in [6.07, 6.45) is 2.07. The highest BCUT2D eigenvalue weighted by Gasteiger charge is 2.27. The Balaban J connectivity index is 2.47. The van der Waals surface area contributed by atoms with Crippen molar-refractivity contribution < 1.29 is 13.2 Å². The van der Waals surface area contributed by atoms with Crippen molar-refractivity contribution in [3.05, 3.63) is 39.6 Å². The molecule has 0 spiro atoms. The van der Waals surface area contributed by atoms with E-state index in [1.807, 2.05) is 6.92 Å². The number of aromatic nitrogens is 2. The minimum atomic E-state index is -3.08. The fourth-order valence-electron chi connectivity index (χ4n) is 2.60. The molecule has 2 aromatic heterocycles. The zero-order valence-electron chi connectivity index (χ0n) is 16.4. The first-order valence-electron chi connectivity index (χ1n) is 9.04. The van der Waals surface area contributed by atoms with Crippen molar-refractivity contribution >= 4 is 32.2 Å².